The molecule has 0 unspecified atom stereocenters. The van der Waals surface area contributed by atoms with Crippen molar-refractivity contribution in [3.63, 3.8) is 0 Å². The number of hydrogen-bond acceptors (Lipinski definition) is 10. The van der Waals surface area contributed by atoms with Crippen molar-refractivity contribution < 1.29 is 28.3 Å². The van der Waals surface area contributed by atoms with E-state index < -0.39 is 14.6 Å². The zero-order valence-corrected chi connectivity index (χ0v) is 20.4. The number of phosphoric acid groups is 1. The third-order valence-electron chi connectivity index (χ3n) is 4.07. The third-order valence-corrected chi connectivity index (χ3v) is 5.25. The van der Waals surface area contributed by atoms with Gasteiger partial charge in [-0.2, -0.15) is 5.10 Å². The highest BCUT2D eigenvalue weighted by atomic mass is 35.5. The molecule has 3 rings (SSSR count). The molecule has 10 N–H and O–H groups in total. The average Bonchev–Trinajstić information content (AvgIpc) is 3.13. The second-order valence-electron chi connectivity index (χ2n) is 6.38. The van der Waals surface area contributed by atoms with Crippen LogP contribution in [0.1, 0.15) is 5.56 Å². The van der Waals surface area contributed by atoms with Crippen LogP contribution in [0.25, 0.3) is 11.0 Å². The first kappa shape index (κ1) is 29.9. The van der Waals surface area contributed by atoms with Gasteiger partial charge < -0.3 is 36.9 Å². The molecule has 0 saturated carbocycles. The van der Waals surface area contributed by atoms with Gasteiger partial charge in [-0.1, -0.05) is 29.3 Å². The van der Waals surface area contributed by atoms with Crippen molar-refractivity contribution in [3.05, 3.63) is 50.4 Å². The van der Waals surface area contributed by atoms with E-state index in [9.17, 15) is 9.36 Å². The third kappa shape index (κ3) is 8.92. The van der Waals surface area contributed by atoms with Gasteiger partial charge in [0.25, 0.3) is 5.56 Å². The molecular weight excluding hydrogens is 516 g/mol. The fourth-order valence-corrected chi connectivity index (χ4v) is 3.16. The lowest BCUT2D eigenvalue weighted by Gasteiger charge is -2.08. The van der Waals surface area contributed by atoms with Gasteiger partial charge >= 0.3 is 7.82 Å². The van der Waals surface area contributed by atoms with Crippen molar-refractivity contribution in [2.24, 2.45) is 0 Å². The molecule has 0 bridgehead atoms. The highest BCUT2D eigenvalue weighted by Crippen LogP contribution is 2.35. The molecule has 34 heavy (non-hydrogen) atoms. The van der Waals surface area contributed by atoms with Gasteiger partial charge in [-0.05, 0) is 17.7 Å². The fraction of sp³-hybridized carbons (Fsp3) is 0.353. The summed E-state index contributed by atoms with van der Waals surface area (Å²) in [5.41, 5.74) is 1.23. The number of fused-ring (bicyclic) bond motifs is 1. The van der Waals surface area contributed by atoms with E-state index in [-0.39, 0.29) is 37.7 Å². The van der Waals surface area contributed by atoms with Crippen LogP contribution in [0.2, 0.25) is 10.0 Å². The van der Waals surface area contributed by atoms with Crippen LogP contribution < -0.4 is 23.2 Å². The van der Waals surface area contributed by atoms with E-state index in [1.807, 2.05) is 6.07 Å². The predicted molar refractivity (Wildman–Crippen MR) is 127 cm³/mol. The summed E-state index contributed by atoms with van der Waals surface area (Å²) in [6.45, 7) is 0.616. The summed E-state index contributed by atoms with van der Waals surface area (Å²) in [4.78, 5) is 36.6. The Morgan fingerprint density at radius 1 is 1.12 bits per heavy atom. The van der Waals surface area contributed by atoms with Crippen molar-refractivity contribution in [3.8, 4) is 0 Å². The number of rotatable bonds is 12. The van der Waals surface area contributed by atoms with E-state index in [0.717, 1.165) is 5.56 Å². The molecule has 2 heterocycles. The maximum absolute atomic E-state index is 12.5. The van der Waals surface area contributed by atoms with Gasteiger partial charge in [-0.15, -0.1) is 0 Å². The van der Waals surface area contributed by atoms with E-state index >= 15 is 0 Å². The molecule has 2 aromatic heterocycles. The van der Waals surface area contributed by atoms with Gasteiger partial charge in [0.1, 0.15) is 5.52 Å². The Morgan fingerprint density at radius 2 is 1.85 bits per heavy atom. The molecule has 0 saturated heterocycles. The largest absolute Gasteiger partial charge is 0.471 e. The first-order valence-electron chi connectivity index (χ1n) is 9.22. The number of anilines is 1. The molecule has 3 aromatic rings. The lowest BCUT2D eigenvalue weighted by molar-refractivity contribution is -0.0287. The lowest BCUT2D eigenvalue weighted by Crippen LogP contribution is -2.18. The number of hydrogen-bond donors (Lipinski definition) is 6. The van der Waals surface area contributed by atoms with Crippen LogP contribution >= 0.6 is 31.0 Å². The highest BCUT2D eigenvalue weighted by Gasteiger charge is 2.13. The van der Waals surface area contributed by atoms with Crippen LogP contribution in [0.5, 0.6) is 0 Å². The molecule has 0 aliphatic rings. The molecule has 14 nitrogen and oxygen atoms in total. The molecule has 190 valence electrons. The van der Waals surface area contributed by atoms with Gasteiger partial charge in [0, 0.05) is 6.54 Å². The number of ether oxygens (including phenoxy) is 2. The van der Waals surface area contributed by atoms with Crippen molar-refractivity contribution in [2.45, 2.75) is 13.1 Å². The molecule has 0 aliphatic heterocycles. The van der Waals surface area contributed by atoms with Crippen molar-refractivity contribution in [2.75, 3.05) is 31.9 Å². The first-order valence-corrected chi connectivity index (χ1v) is 11.5. The number of benzene rings is 1. The van der Waals surface area contributed by atoms with Gasteiger partial charge in [0.05, 0.1) is 42.6 Å². The predicted octanol–water partition coefficient (Wildman–Crippen LogP) is 2.46. The Kier molecular flexibility index (Phi) is 12.1. The van der Waals surface area contributed by atoms with Crippen molar-refractivity contribution >= 4 is 48.0 Å². The topological polar surface area (TPSA) is 231 Å². The number of aromatic amines is 1. The molecule has 0 amide bonds. The van der Waals surface area contributed by atoms with Crippen LogP contribution in [0, 0.1) is 0 Å². The van der Waals surface area contributed by atoms with Crippen LogP contribution in [0.3, 0.4) is 0 Å². The van der Waals surface area contributed by atoms with E-state index in [2.05, 4.69) is 24.9 Å². The summed E-state index contributed by atoms with van der Waals surface area (Å²) < 4.78 is 26.3. The van der Waals surface area contributed by atoms with Crippen LogP contribution in [0.15, 0.2) is 29.2 Å². The average molecular weight is 542 g/mol. The lowest BCUT2D eigenvalue weighted by atomic mass is 10.2. The molecular formula is C17H26Cl2N7O7P. The Hall–Kier alpha value is -2.10. The first-order chi connectivity index (χ1) is 15.2. The Morgan fingerprint density at radius 3 is 2.56 bits per heavy atom. The Labute approximate surface area is 203 Å². The SMILES string of the molecule is N.N.O=c1[nH]c(NCc2ccc(Cl)c(Cl)c2)nc2cnn(CCOCCOCOP(=O)(O)O)c12. The summed E-state index contributed by atoms with van der Waals surface area (Å²) in [7, 11) is -4.55. The summed E-state index contributed by atoms with van der Waals surface area (Å²) in [6.07, 6.45) is 1.48. The van der Waals surface area contributed by atoms with E-state index in [1.54, 1.807) is 12.1 Å². The maximum atomic E-state index is 12.5. The number of aromatic nitrogens is 4. The number of halogens is 2. The fourth-order valence-electron chi connectivity index (χ4n) is 2.63. The van der Waals surface area contributed by atoms with E-state index in [4.69, 9.17) is 42.5 Å². The molecule has 0 fully saturated rings. The number of nitrogens with one attached hydrogen (secondary N) is 2. The maximum Gasteiger partial charge on any atom is 0.471 e. The van der Waals surface area contributed by atoms with E-state index in [0.29, 0.717) is 40.1 Å². The minimum absolute atomic E-state index is 0. The Bertz CT molecular complexity index is 1170. The monoisotopic (exact) mass is 541 g/mol. The minimum Gasteiger partial charge on any atom is -0.377 e. The van der Waals surface area contributed by atoms with E-state index in [1.165, 1.54) is 10.9 Å². The normalized spacial score (nSPS) is 11.2. The summed E-state index contributed by atoms with van der Waals surface area (Å²) in [5.74, 6) is 0.291. The molecule has 0 atom stereocenters. The van der Waals surface area contributed by atoms with Gasteiger partial charge in [-0.25, -0.2) is 9.55 Å². The summed E-state index contributed by atoms with van der Waals surface area (Å²) in [6, 6.07) is 5.22. The second kappa shape index (κ2) is 13.7. The number of phosphoric ester groups is 1. The molecule has 17 heteroatoms. The zero-order chi connectivity index (χ0) is 23.1. The zero-order valence-electron chi connectivity index (χ0n) is 17.9. The standard InChI is InChI=1S/C17H20Cl2N5O7P.2H3N/c18-12-2-1-11(7-13(12)19)8-20-17-22-14-9-21-24(15(14)16(25)23-17)3-4-29-5-6-30-10-31-32(26,27)28;;/h1-2,7,9H,3-6,8,10H2,(H2,26,27,28)(H2,20,22,23,25);2*1H3. The van der Waals surface area contributed by atoms with Gasteiger partial charge in [0.15, 0.2) is 12.3 Å². The van der Waals surface area contributed by atoms with Gasteiger partial charge in [0.2, 0.25) is 5.95 Å². The smallest absolute Gasteiger partial charge is 0.377 e. The van der Waals surface area contributed by atoms with Crippen molar-refractivity contribution in [1.82, 2.24) is 32.0 Å². The quantitative estimate of drug-likeness (QED) is 0.110. The molecule has 1 aromatic carbocycles. The molecule has 0 spiro atoms. The summed E-state index contributed by atoms with van der Waals surface area (Å²) >= 11 is 11.9. The minimum atomic E-state index is -4.55. The number of H-pyrrole nitrogens is 1. The van der Waals surface area contributed by atoms with Crippen LogP contribution in [-0.4, -0.2) is 56.1 Å². The van der Waals surface area contributed by atoms with Gasteiger partial charge in [-0.3, -0.25) is 19.0 Å². The van der Waals surface area contributed by atoms with Crippen molar-refractivity contribution in [1.29, 1.82) is 0 Å². The summed E-state index contributed by atoms with van der Waals surface area (Å²) in [5, 5.41) is 8.10. The van der Waals surface area contributed by atoms with Crippen LogP contribution in [-0.2, 0) is 31.7 Å². The molecule has 0 radical (unpaired) electrons. The van der Waals surface area contributed by atoms with Crippen LogP contribution in [0.4, 0.5) is 5.95 Å². The second-order valence-corrected chi connectivity index (χ2v) is 8.43. The molecule has 0 aliphatic carbocycles. The Balaban J connectivity index is 0.00000289. The highest BCUT2D eigenvalue weighted by molar-refractivity contribution is 7.46. The number of nitrogens with zero attached hydrogens (tertiary/aromatic N) is 3.